The van der Waals surface area contributed by atoms with Gasteiger partial charge in [0, 0.05) is 68.9 Å². The lowest BCUT2D eigenvalue weighted by atomic mass is 10.0. The van der Waals surface area contributed by atoms with Crippen LogP contribution < -0.4 is 35.3 Å². The van der Waals surface area contributed by atoms with Crippen LogP contribution in [0.2, 0.25) is 0 Å². The Bertz CT molecular complexity index is 3140. The number of aromatic nitrogens is 2. The Morgan fingerprint density at radius 2 is 1.41 bits per heavy atom. The number of aryl methyl sites for hydroxylation is 2. The molecule has 7 rings (SSSR count). The lowest BCUT2D eigenvalue weighted by molar-refractivity contribution is -0.136. The largest absolute Gasteiger partial charge is 0.493 e. The molecule has 1 fully saturated rings. The minimum absolute atomic E-state index is 0.00421. The highest BCUT2D eigenvalue weighted by Gasteiger charge is 2.46. The predicted molar refractivity (Wildman–Crippen MR) is 284 cm³/mol. The molecular weight excluding hydrogens is 997 g/mol. The Morgan fingerprint density at radius 1 is 0.737 bits per heavy atom. The molecule has 76 heavy (non-hydrogen) atoms. The number of sulfone groups is 1. The van der Waals surface area contributed by atoms with Crippen molar-refractivity contribution in [3.05, 3.63) is 106 Å². The van der Waals surface area contributed by atoms with Gasteiger partial charge in [-0.25, -0.2) is 13.2 Å². The van der Waals surface area contributed by atoms with E-state index in [4.69, 9.17) is 18.9 Å². The first-order valence-corrected chi connectivity index (χ1v) is 27.6. The third-order valence-corrected chi connectivity index (χ3v) is 15.0. The van der Waals surface area contributed by atoms with Crippen molar-refractivity contribution in [3.63, 3.8) is 0 Å². The van der Waals surface area contributed by atoms with Crippen LogP contribution in [-0.4, -0.2) is 116 Å². The molecule has 1 unspecified atom stereocenters. The van der Waals surface area contributed by atoms with Gasteiger partial charge in [0.2, 0.25) is 11.8 Å². The predicted octanol–water partition coefficient (Wildman–Crippen LogP) is 7.05. The van der Waals surface area contributed by atoms with Crippen LogP contribution in [0.15, 0.2) is 82.5 Å². The van der Waals surface area contributed by atoms with Gasteiger partial charge in [0.1, 0.15) is 41.4 Å². The summed E-state index contributed by atoms with van der Waals surface area (Å²) in [7, 11) is 3.24. The van der Waals surface area contributed by atoms with Crippen molar-refractivity contribution in [2.45, 2.75) is 107 Å². The van der Waals surface area contributed by atoms with Gasteiger partial charge in [0.15, 0.2) is 15.6 Å². The lowest BCUT2D eigenvalue weighted by Gasteiger charge is -2.27. The lowest BCUT2D eigenvalue weighted by Crippen LogP contribution is -2.54. The zero-order valence-electron chi connectivity index (χ0n) is 43.9. The number of fused-ring (bicyclic) bond motifs is 2. The molecule has 5 amide bonds. The van der Waals surface area contributed by atoms with Gasteiger partial charge < -0.3 is 29.2 Å². The zero-order chi connectivity index (χ0) is 54.5. The quantitative estimate of drug-likeness (QED) is 0.0361. The SMILES string of the molecule is CCCOc1cc(OCCCCN(C)C)cc(Oc2cc3c(cc2CS(=O)(=O)c2cccc(C(=O)NCCCCCCCCCC(=O)COc4cccc5c4C(=O)N(C4CCC(=O)NC4=O)C5=O)c2)n(C)c(=O)n3C)c1. The zero-order valence-corrected chi connectivity index (χ0v) is 44.8. The van der Waals surface area contributed by atoms with E-state index < -0.39 is 51.2 Å². The number of rotatable bonds is 29. The number of ether oxygens (including phenoxy) is 4. The van der Waals surface area contributed by atoms with Crippen molar-refractivity contribution >= 4 is 56.2 Å². The molecule has 1 aromatic heterocycles. The average molecular weight is 1070 g/mol. The molecule has 19 nitrogen and oxygen atoms in total. The summed E-state index contributed by atoms with van der Waals surface area (Å²) in [4.78, 5) is 92.4. The second-order valence-corrected chi connectivity index (χ2v) is 21.5. The number of carbonyl (C=O) groups excluding carboxylic acids is 6. The number of hydrogen-bond acceptors (Lipinski definition) is 14. The molecule has 3 heterocycles. The topological polar surface area (TPSA) is 231 Å². The fourth-order valence-corrected chi connectivity index (χ4v) is 10.6. The van der Waals surface area contributed by atoms with E-state index in [1.165, 1.54) is 39.5 Å². The van der Waals surface area contributed by atoms with Gasteiger partial charge >= 0.3 is 5.69 Å². The Kier molecular flexibility index (Phi) is 19.3. The average Bonchev–Trinajstić information content (AvgIpc) is 3.76. The first-order valence-electron chi connectivity index (χ1n) is 26.0. The summed E-state index contributed by atoms with van der Waals surface area (Å²) < 4.78 is 55.6. The van der Waals surface area contributed by atoms with Crippen LogP contribution in [0.1, 0.15) is 127 Å². The molecule has 1 saturated heterocycles. The monoisotopic (exact) mass is 1060 g/mol. The third-order valence-electron chi connectivity index (χ3n) is 13.3. The molecule has 0 spiro atoms. The molecule has 2 aliphatic heterocycles. The second-order valence-electron chi connectivity index (χ2n) is 19.5. The maximum Gasteiger partial charge on any atom is 0.328 e. The number of benzene rings is 4. The van der Waals surface area contributed by atoms with Crippen LogP contribution in [0.3, 0.4) is 0 Å². The Balaban J connectivity index is 0.865. The Hall–Kier alpha value is -7.32. The molecule has 4 aromatic carbocycles. The van der Waals surface area contributed by atoms with Crippen molar-refractivity contribution in [2.75, 3.05) is 47.0 Å². The second kappa shape index (κ2) is 26.0. The van der Waals surface area contributed by atoms with Gasteiger partial charge in [0.05, 0.1) is 46.0 Å². The molecule has 0 saturated carbocycles. The van der Waals surface area contributed by atoms with Gasteiger partial charge in [-0.15, -0.1) is 0 Å². The number of amides is 5. The van der Waals surface area contributed by atoms with Gasteiger partial charge in [-0.05, 0) is 95.6 Å². The number of Topliss-reactive ketones (excluding diaryl/α,β-unsaturated/α-hetero) is 1. The van der Waals surface area contributed by atoms with Crippen LogP contribution in [0.5, 0.6) is 28.7 Å². The standard InChI is InChI=1S/C56H68N6O13S/c1-6-27-72-40-31-41(73-28-15-14-26-59(2)3)33-42(32-40)75-49-34-47-46(60(4)56(69)61(47)5)30-38(49)36-76(70,71)43-20-16-18-37(29-43)52(65)57-25-13-11-9-7-8-10-12-19-39(63)35-74-48-22-17-21-44-51(48)55(68)62(54(44)67)45-23-24-50(64)58-53(45)66/h16-18,20-22,29-34,45H,6-15,19,23-28,35-36H2,1-5H3,(H,57,65)(H,58,64,66). The molecule has 0 aliphatic carbocycles. The molecule has 20 heteroatoms. The van der Waals surface area contributed by atoms with E-state index in [1.54, 1.807) is 56.6 Å². The van der Waals surface area contributed by atoms with E-state index in [2.05, 4.69) is 15.5 Å². The Labute approximate surface area is 442 Å². The summed E-state index contributed by atoms with van der Waals surface area (Å²) >= 11 is 0. The summed E-state index contributed by atoms with van der Waals surface area (Å²) in [5, 5.41) is 5.07. The number of ketones is 1. The normalized spacial score (nSPS) is 14.6. The number of carbonyl (C=O) groups is 6. The molecule has 5 aromatic rings. The molecule has 0 radical (unpaired) electrons. The summed E-state index contributed by atoms with van der Waals surface area (Å²) in [6.45, 7) is 4.00. The fourth-order valence-electron chi connectivity index (χ4n) is 9.20. The highest BCUT2D eigenvalue weighted by Crippen LogP contribution is 2.37. The van der Waals surface area contributed by atoms with Gasteiger partial charge in [0.25, 0.3) is 17.7 Å². The molecule has 406 valence electrons. The van der Waals surface area contributed by atoms with Gasteiger partial charge in [-0.1, -0.05) is 51.2 Å². The summed E-state index contributed by atoms with van der Waals surface area (Å²) in [5.74, 6) is -1.84. The van der Waals surface area contributed by atoms with Crippen molar-refractivity contribution in [2.24, 2.45) is 14.1 Å². The van der Waals surface area contributed by atoms with E-state index in [0.29, 0.717) is 66.4 Å². The first kappa shape index (κ1) is 56.4. The smallest absolute Gasteiger partial charge is 0.328 e. The molecule has 0 bridgehead atoms. The fraction of sp³-hybridized carbons (Fsp3) is 0.446. The van der Waals surface area contributed by atoms with E-state index in [9.17, 15) is 42.0 Å². The van der Waals surface area contributed by atoms with Crippen molar-refractivity contribution in [3.8, 4) is 28.7 Å². The number of hydrogen-bond donors (Lipinski definition) is 2. The van der Waals surface area contributed by atoms with Crippen LogP contribution in [0.25, 0.3) is 11.0 Å². The summed E-state index contributed by atoms with van der Waals surface area (Å²) in [6.07, 6.45) is 8.69. The Morgan fingerprint density at radius 3 is 2.12 bits per heavy atom. The van der Waals surface area contributed by atoms with Gasteiger partial charge in [-0.3, -0.25) is 48.1 Å². The highest BCUT2D eigenvalue weighted by molar-refractivity contribution is 7.90. The molecule has 2 N–H and O–H groups in total. The van der Waals surface area contributed by atoms with E-state index in [-0.39, 0.29) is 70.4 Å². The van der Waals surface area contributed by atoms with E-state index in [1.807, 2.05) is 21.0 Å². The molecular formula is C56H68N6O13S. The van der Waals surface area contributed by atoms with Crippen LogP contribution in [0.4, 0.5) is 0 Å². The van der Waals surface area contributed by atoms with Crippen molar-refractivity contribution < 1.29 is 56.1 Å². The number of imide groups is 2. The summed E-state index contributed by atoms with van der Waals surface area (Å²) in [6, 6.07) is 17.9. The maximum atomic E-state index is 14.2. The maximum absolute atomic E-state index is 14.2. The molecule has 1 atom stereocenters. The number of nitrogens with zero attached hydrogens (tertiary/aromatic N) is 4. The minimum atomic E-state index is -4.07. The van der Waals surface area contributed by atoms with E-state index in [0.717, 1.165) is 62.8 Å². The van der Waals surface area contributed by atoms with E-state index >= 15 is 0 Å². The third kappa shape index (κ3) is 14.1. The highest BCUT2D eigenvalue weighted by atomic mass is 32.2. The summed E-state index contributed by atoms with van der Waals surface area (Å²) in [5.41, 5.74) is 1.36. The number of imidazole rings is 1. The van der Waals surface area contributed by atoms with Crippen molar-refractivity contribution in [1.29, 1.82) is 0 Å². The van der Waals surface area contributed by atoms with Crippen molar-refractivity contribution in [1.82, 2.24) is 29.6 Å². The van der Waals surface area contributed by atoms with Crippen LogP contribution in [0, 0.1) is 0 Å². The number of nitrogens with one attached hydrogen (secondary N) is 2. The molecule has 2 aliphatic rings. The first-order chi connectivity index (χ1) is 36.4. The number of piperidine rings is 1. The van der Waals surface area contributed by atoms with Crippen LogP contribution >= 0.6 is 0 Å². The van der Waals surface area contributed by atoms with Crippen LogP contribution in [-0.2, 0) is 44.1 Å². The number of unbranched alkanes of at least 4 members (excludes halogenated alkanes) is 7. The minimum Gasteiger partial charge on any atom is -0.493 e. The van der Waals surface area contributed by atoms with Gasteiger partial charge in [-0.2, -0.15) is 0 Å².